The highest BCUT2D eigenvalue weighted by atomic mass is 32.2. The second-order valence-corrected chi connectivity index (χ2v) is 11.6. The van der Waals surface area contributed by atoms with Gasteiger partial charge in [0.05, 0.1) is 12.3 Å². The number of aromatic nitrogens is 1. The van der Waals surface area contributed by atoms with Crippen LogP contribution in [0.3, 0.4) is 0 Å². The van der Waals surface area contributed by atoms with Crippen LogP contribution in [-0.2, 0) is 16.0 Å². The van der Waals surface area contributed by atoms with Crippen LogP contribution in [0.15, 0.2) is 121 Å². The van der Waals surface area contributed by atoms with Crippen molar-refractivity contribution in [2.45, 2.75) is 18.2 Å². The molecule has 0 saturated heterocycles. The van der Waals surface area contributed by atoms with E-state index in [1.54, 1.807) is 31.1 Å². The fourth-order valence-electron chi connectivity index (χ4n) is 5.72. The van der Waals surface area contributed by atoms with E-state index in [0.29, 0.717) is 41.3 Å². The zero-order chi connectivity index (χ0) is 31.6. The molecule has 1 heterocycles. The summed E-state index contributed by atoms with van der Waals surface area (Å²) >= 11 is 1.55. The largest absolute Gasteiger partial charge is 0.383 e. The first-order chi connectivity index (χ1) is 22.0. The second-order valence-electron chi connectivity index (χ2n) is 10.7. The van der Waals surface area contributed by atoms with Crippen molar-refractivity contribution in [3.63, 3.8) is 0 Å². The molecule has 5 rings (SSSR count). The molecule has 0 amide bonds. The summed E-state index contributed by atoms with van der Waals surface area (Å²) in [6.45, 7) is 4.08. The van der Waals surface area contributed by atoms with Gasteiger partial charge in [-0.3, -0.25) is 5.41 Å². The van der Waals surface area contributed by atoms with Crippen LogP contribution in [0.2, 0.25) is 0 Å². The van der Waals surface area contributed by atoms with Crippen LogP contribution in [0.25, 0.3) is 0 Å². The summed E-state index contributed by atoms with van der Waals surface area (Å²) in [7, 11) is 1.68. The Morgan fingerprint density at radius 2 is 1.47 bits per heavy atom. The smallest absolute Gasteiger partial charge is 0.129 e. The number of thioether (sulfide) groups is 1. The Morgan fingerprint density at radius 1 is 0.889 bits per heavy atom. The predicted molar refractivity (Wildman–Crippen MR) is 186 cm³/mol. The maximum atomic E-state index is 15.8. The fraction of sp³-hybridized carbons (Fsp3) is 0.211. The minimum absolute atomic E-state index is 0.286. The Hall–Kier alpha value is -4.46. The lowest BCUT2D eigenvalue weighted by Crippen LogP contribution is -2.38. The summed E-state index contributed by atoms with van der Waals surface area (Å²) in [5.41, 5.74) is 4.80. The van der Waals surface area contributed by atoms with Crippen LogP contribution in [0.1, 0.15) is 40.3 Å². The van der Waals surface area contributed by atoms with Gasteiger partial charge in [-0.1, -0.05) is 91.0 Å². The van der Waals surface area contributed by atoms with E-state index in [1.807, 2.05) is 79.1 Å². The molecule has 4 aromatic carbocycles. The van der Waals surface area contributed by atoms with Gasteiger partial charge < -0.3 is 15.0 Å². The van der Waals surface area contributed by atoms with Gasteiger partial charge in [-0.15, -0.1) is 0 Å². The highest BCUT2D eigenvalue weighted by Crippen LogP contribution is 2.41. The Balaban J connectivity index is 1.71. The number of halogens is 1. The van der Waals surface area contributed by atoms with E-state index in [2.05, 4.69) is 58.5 Å². The molecular formula is C38H39FN4OS. The summed E-state index contributed by atoms with van der Waals surface area (Å²) in [5.74, 6) is 0.958. The molecule has 0 atom stereocenters. The highest BCUT2D eigenvalue weighted by Gasteiger charge is 2.37. The normalized spacial score (nSPS) is 11.3. The number of methoxy groups -OCH3 is 1. The molecule has 45 heavy (non-hydrogen) atoms. The highest BCUT2D eigenvalue weighted by molar-refractivity contribution is 7.97. The van der Waals surface area contributed by atoms with Crippen molar-refractivity contribution in [3.8, 4) is 0 Å². The van der Waals surface area contributed by atoms with Gasteiger partial charge in [0, 0.05) is 49.0 Å². The number of benzene rings is 4. The lowest BCUT2D eigenvalue weighted by Gasteiger charge is -2.38. The third-order valence-corrected chi connectivity index (χ3v) is 8.60. The van der Waals surface area contributed by atoms with Crippen LogP contribution in [-0.4, -0.2) is 43.8 Å². The van der Waals surface area contributed by atoms with Gasteiger partial charge in [0.1, 0.15) is 17.2 Å². The SMILES string of the molecule is CCN(CCOC)c1cc(C(=N)c2cc(CSC)c(F)cc2NC(c2ccccc2)(c2ccccc2)c2ccccc2)ccn1. The van der Waals surface area contributed by atoms with Gasteiger partial charge in [0.15, 0.2) is 0 Å². The molecule has 0 radical (unpaired) electrons. The number of nitrogens with zero attached hydrogens (tertiary/aromatic N) is 2. The Kier molecular flexibility index (Phi) is 10.7. The van der Waals surface area contributed by atoms with Crippen molar-refractivity contribution in [2.75, 3.05) is 43.3 Å². The number of hydrogen-bond donors (Lipinski definition) is 2. The molecule has 2 N–H and O–H groups in total. The summed E-state index contributed by atoms with van der Waals surface area (Å²) in [5, 5.41) is 13.3. The molecule has 0 unspecified atom stereocenters. The lowest BCUT2D eigenvalue weighted by atomic mass is 9.76. The number of rotatable bonds is 14. The third-order valence-electron chi connectivity index (χ3n) is 8.00. The number of nitrogens with one attached hydrogen (secondary N) is 2. The van der Waals surface area contributed by atoms with Crippen LogP contribution in [0.4, 0.5) is 15.9 Å². The lowest BCUT2D eigenvalue weighted by molar-refractivity contribution is 0.205. The van der Waals surface area contributed by atoms with E-state index in [1.165, 1.54) is 0 Å². The molecule has 5 nitrogen and oxygen atoms in total. The van der Waals surface area contributed by atoms with Gasteiger partial charge in [0.2, 0.25) is 0 Å². The molecule has 1 aromatic heterocycles. The van der Waals surface area contributed by atoms with Crippen LogP contribution >= 0.6 is 11.8 Å². The summed E-state index contributed by atoms with van der Waals surface area (Å²) in [6.07, 6.45) is 3.69. The molecular weight excluding hydrogens is 580 g/mol. The standard InChI is InChI=1S/C38H39FN4OS/c1-4-43(22-23-44-2)36-25-28(20-21-41-36)37(40)33-24-29(27-45-3)34(39)26-35(33)42-38(30-14-8-5-9-15-30,31-16-10-6-11-17-31)32-18-12-7-13-19-32/h5-21,24-26,40,42H,4,22-23,27H2,1-3H3. The number of hydrogen-bond acceptors (Lipinski definition) is 6. The average Bonchev–Trinajstić information content (AvgIpc) is 3.09. The van der Waals surface area contributed by atoms with Crippen molar-refractivity contribution >= 4 is 29.0 Å². The molecule has 230 valence electrons. The van der Waals surface area contributed by atoms with Gasteiger partial charge in [-0.05, 0) is 59.7 Å². The number of anilines is 2. The van der Waals surface area contributed by atoms with Crippen molar-refractivity contribution in [3.05, 3.63) is 161 Å². The second kappa shape index (κ2) is 15.0. The molecule has 0 aliphatic rings. The summed E-state index contributed by atoms with van der Waals surface area (Å²) in [4.78, 5) is 6.72. The van der Waals surface area contributed by atoms with Gasteiger partial charge >= 0.3 is 0 Å². The van der Waals surface area contributed by atoms with Crippen LogP contribution in [0, 0.1) is 11.2 Å². The summed E-state index contributed by atoms with van der Waals surface area (Å²) < 4.78 is 21.2. The minimum Gasteiger partial charge on any atom is -0.383 e. The van der Waals surface area contributed by atoms with E-state index < -0.39 is 5.54 Å². The topological polar surface area (TPSA) is 61.2 Å². The average molecular weight is 619 g/mol. The zero-order valence-corrected chi connectivity index (χ0v) is 26.8. The van der Waals surface area contributed by atoms with E-state index in [0.717, 1.165) is 29.1 Å². The quantitative estimate of drug-likeness (QED) is 0.0967. The Labute approximate surface area is 270 Å². The third kappa shape index (κ3) is 6.95. The predicted octanol–water partition coefficient (Wildman–Crippen LogP) is 8.38. The molecule has 5 aromatic rings. The molecule has 0 aliphatic heterocycles. The monoisotopic (exact) mass is 618 g/mol. The van der Waals surface area contributed by atoms with Gasteiger partial charge in [-0.25, -0.2) is 9.37 Å². The van der Waals surface area contributed by atoms with Crippen molar-refractivity contribution in [2.24, 2.45) is 0 Å². The fourth-order valence-corrected chi connectivity index (χ4v) is 6.25. The number of ether oxygens (including phenoxy) is 1. The van der Waals surface area contributed by atoms with E-state index in [9.17, 15) is 5.41 Å². The molecule has 0 saturated carbocycles. The van der Waals surface area contributed by atoms with E-state index >= 15 is 4.39 Å². The maximum Gasteiger partial charge on any atom is 0.129 e. The first-order valence-electron chi connectivity index (χ1n) is 15.1. The summed E-state index contributed by atoms with van der Waals surface area (Å²) in [6, 6.07) is 37.8. The zero-order valence-electron chi connectivity index (χ0n) is 26.0. The van der Waals surface area contributed by atoms with Gasteiger partial charge in [0.25, 0.3) is 0 Å². The molecule has 0 aliphatic carbocycles. The molecule has 0 fully saturated rings. The number of pyridine rings is 1. The Morgan fingerprint density at radius 3 is 1.98 bits per heavy atom. The first-order valence-corrected chi connectivity index (χ1v) is 16.5. The van der Waals surface area contributed by atoms with E-state index in [4.69, 9.17) is 4.74 Å². The van der Waals surface area contributed by atoms with Crippen LogP contribution in [0.5, 0.6) is 0 Å². The van der Waals surface area contributed by atoms with Crippen molar-refractivity contribution in [1.82, 2.24) is 4.98 Å². The first kappa shape index (κ1) is 31.9. The Bertz CT molecular complexity index is 1600. The molecule has 7 heteroatoms. The molecule has 0 spiro atoms. The molecule has 0 bridgehead atoms. The van der Waals surface area contributed by atoms with Crippen LogP contribution < -0.4 is 10.2 Å². The van der Waals surface area contributed by atoms with E-state index in [-0.39, 0.29) is 11.5 Å². The van der Waals surface area contributed by atoms with Gasteiger partial charge in [-0.2, -0.15) is 11.8 Å². The minimum atomic E-state index is -0.880. The van der Waals surface area contributed by atoms with Crippen molar-refractivity contribution in [1.29, 1.82) is 5.41 Å². The number of likely N-dealkylation sites (N-methyl/N-ethyl adjacent to an activating group) is 1. The van der Waals surface area contributed by atoms with Crippen molar-refractivity contribution < 1.29 is 9.13 Å². The maximum absolute atomic E-state index is 15.8.